The van der Waals surface area contributed by atoms with Gasteiger partial charge in [-0.25, -0.2) is 13.4 Å². The summed E-state index contributed by atoms with van der Waals surface area (Å²) in [7, 11) is -2.19. The molecule has 0 radical (unpaired) electrons. The molecule has 2 rings (SSSR count). The van der Waals surface area contributed by atoms with Crippen LogP contribution < -0.4 is 9.46 Å². The van der Waals surface area contributed by atoms with E-state index in [-0.39, 0.29) is 4.90 Å². The Morgan fingerprint density at radius 2 is 1.95 bits per heavy atom. The zero-order valence-electron chi connectivity index (χ0n) is 11.2. The first kappa shape index (κ1) is 16.3. The van der Waals surface area contributed by atoms with Crippen LogP contribution in [0.25, 0.3) is 0 Å². The summed E-state index contributed by atoms with van der Waals surface area (Å²) in [6.07, 6.45) is 1.54. The van der Waals surface area contributed by atoms with Crippen molar-refractivity contribution in [2.45, 2.75) is 11.8 Å². The third-order valence-corrected chi connectivity index (χ3v) is 5.10. The van der Waals surface area contributed by atoms with Gasteiger partial charge in [-0.05, 0) is 68.6 Å². The largest absolute Gasteiger partial charge is 0.496 e. The zero-order chi connectivity index (χ0) is 15.6. The van der Waals surface area contributed by atoms with Crippen LogP contribution in [0.4, 0.5) is 5.82 Å². The lowest BCUT2D eigenvalue weighted by molar-refractivity contribution is 0.411. The predicted octanol–water partition coefficient (Wildman–Crippen LogP) is 3.72. The highest BCUT2D eigenvalue weighted by Crippen LogP contribution is 2.28. The van der Waals surface area contributed by atoms with Crippen LogP contribution in [0.3, 0.4) is 0 Å². The SMILES string of the molecule is COc1ccc(S(=O)(=O)Nc2ncc(Br)cc2C)cc1Br. The maximum absolute atomic E-state index is 12.4. The van der Waals surface area contributed by atoms with E-state index in [0.29, 0.717) is 16.0 Å². The van der Waals surface area contributed by atoms with Crippen LogP contribution in [0.1, 0.15) is 5.56 Å². The van der Waals surface area contributed by atoms with E-state index < -0.39 is 10.0 Å². The van der Waals surface area contributed by atoms with Gasteiger partial charge in [0, 0.05) is 10.7 Å². The Hall–Kier alpha value is -1.12. The van der Waals surface area contributed by atoms with E-state index in [1.807, 2.05) is 0 Å². The molecule has 0 unspecified atom stereocenters. The van der Waals surface area contributed by atoms with Crippen LogP contribution in [0.2, 0.25) is 0 Å². The molecule has 2 aromatic rings. The Morgan fingerprint density at radius 1 is 1.24 bits per heavy atom. The highest BCUT2D eigenvalue weighted by Gasteiger charge is 2.17. The van der Waals surface area contributed by atoms with Crippen LogP contribution in [0.5, 0.6) is 5.75 Å². The molecule has 1 aromatic carbocycles. The first-order valence-corrected chi connectivity index (χ1v) is 8.89. The van der Waals surface area contributed by atoms with Crippen LogP contribution >= 0.6 is 31.9 Å². The smallest absolute Gasteiger partial charge is 0.263 e. The van der Waals surface area contributed by atoms with Crippen molar-refractivity contribution < 1.29 is 13.2 Å². The zero-order valence-corrected chi connectivity index (χ0v) is 15.2. The minimum atomic E-state index is -3.71. The maximum Gasteiger partial charge on any atom is 0.263 e. The fraction of sp³-hybridized carbons (Fsp3) is 0.154. The van der Waals surface area contributed by atoms with E-state index in [9.17, 15) is 8.42 Å². The van der Waals surface area contributed by atoms with Crippen molar-refractivity contribution in [1.82, 2.24) is 4.98 Å². The Balaban J connectivity index is 2.36. The molecule has 0 saturated heterocycles. The average molecular weight is 436 g/mol. The van der Waals surface area contributed by atoms with Gasteiger partial charge in [0.05, 0.1) is 16.5 Å². The number of aromatic nitrogens is 1. The summed E-state index contributed by atoms with van der Waals surface area (Å²) in [5, 5.41) is 0. The molecule has 0 aliphatic rings. The van der Waals surface area contributed by atoms with Gasteiger partial charge in [-0.3, -0.25) is 4.72 Å². The predicted molar refractivity (Wildman–Crippen MR) is 88.2 cm³/mol. The summed E-state index contributed by atoms with van der Waals surface area (Å²) in [5.41, 5.74) is 0.723. The molecule has 0 fully saturated rings. The molecule has 0 bridgehead atoms. The second-order valence-corrected chi connectivity index (χ2v) is 7.67. The number of sulfonamides is 1. The molecule has 8 heteroatoms. The number of nitrogens with zero attached hydrogens (tertiary/aromatic N) is 1. The van der Waals surface area contributed by atoms with Gasteiger partial charge in [0.2, 0.25) is 0 Å². The van der Waals surface area contributed by atoms with E-state index >= 15 is 0 Å². The highest BCUT2D eigenvalue weighted by atomic mass is 79.9. The quantitative estimate of drug-likeness (QED) is 0.794. The molecule has 0 aliphatic heterocycles. The number of methoxy groups -OCH3 is 1. The lowest BCUT2D eigenvalue weighted by atomic mass is 10.3. The van der Waals surface area contributed by atoms with Crippen LogP contribution in [0.15, 0.2) is 44.3 Å². The van der Waals surface area contributed by atoms with Crippen molar-refractivity contribution in [2.75, 3.05) is 11.8 Å². The summed E-state index contributed by atoms with van der Waals surface area (Å²) >= 11 is 6.56. The molecule has 1 N–H and O–H groups in total. The molecular weight excluding hydrogens is 424 g/mol. The van der Waals surface area contributed by atoms with Gasteiger partial charge in [0.15, 0.2) is 0 Å². The van der Waals surface area contributed by atoms with Crippen molar-refractivity contribution in [3.63, 3.8) is 0 Å². The minimum absolute atomic E-state index is 0.124. The van der Waals surface area contributed by atoms with E-state index in [2.05, 4.69) is 41.6 Å². The summed E-state index contributed by atoms with van der Waals surface area (Å²) in [4.78, 5) is 4.20. The molecule has 0 saturated carbocycles. The van der Waals surface area contributed by atoms with Crippen LogP contribution in [0, 0.1) is 6.92 Å². The van der Waals surface area contributed by atoms with Gasteiger partial charge in [0.1, 0.15) is 11.6 Å². The summed E-state index contributed by atoms with van der Waals surface area (Å²) < 4.78 is 33.6. The third kappa shape index (κ3) is 3.75. The first-order chi connectivity index (χ1) is 9.83. The molecule has 112 valence electrons. The molecule has 0 aliphatic carbocycles. The number of benzene rings is 1. The van der Waals surface area contributed by atoms with Gasteiger partial charge >= 0.3 is 0 Å². The van der Waals surface area contributed by atoms with Crippen molar-refractivity contribution in [3.05, 3.63) is 45.0 Å². The Bertz CT molecular complexity index is 779. The number of nitrogens with one attached hydrogen (secondary N) is 1. The standard InChI is InChI=1S/C13H12Br2N2O3S/c1-8-5-9(14)7-16-13(8)17-21(18,19)10-3-4-12(20-2)11(15)6-10/h3-7H,1-2H3,(H,16,17). The second-order valence-electron chi connectivity index (χ2n) is 4.22. The molecule has 1 aromatic heterocycles. The Labute approximate surface area is 140 Å². The molecule has 0 spiro atoms. The summed E-state index contributed by atoms with van der Waals surface area (Å²) in [5.74, 6) is 0.858. The van der Waals surface area contributed by atoms with E-state index in [1.54, 1.807) is 19.1 Å². The highest BCUT2D eigenvalue weighted by molar-refractivity contribution is 9.10. The number of anilines is 1. The first-order valence-electron chi connectivity index (χ1n) is 5.82. The number of ether oxygens (including phenoxy) is 1. The van der Waals surface area contributed by atoms with E-state index in [0.717, 1.165) is 10.0 Å². The van der Waals surface area contributed by atoms with Crippen molar-refractivity contribution in [1.29, 1.82) is 0 Å². The van der Waals surface area contributed by atoms with Gasteiger partial charge < -0.3 is 4.74 Å². The normalized spacial score (nSPS) is 11.2. The molecular formula is C13H12Br2N2O3S. The molecule has 0 atom stereocenters. The lowest BCUT2D eigenvalue weighted by Gasteiger charge is -2.11. The number of pyridine rings is 1. The summed E-state index contributed by atoms with van der Waals surface area (Å²) in [6, 6.07) is 6.32. The molecule has 21 heavy (non-hydrogen) atoms. The van der Waals surface area contributed by atoms with Crippen molar-refractivity contribution >= 4 is 47.7 Å². The van der Waals surface area contributed by atoms with Crippen LogP contribution in [-0.4, -0.2) is 20.5 Å². The van der Waals surface area contributed by atoms with Gasteiger partial charge in [-0.1, -0.05) is 0 Å². The molecule has 1 heterocycles. The minimum Gasteiger partial charge on any atom is -0.496 e. The average Bonchev–Trinajstić information content (AvgIpc) is 2.42. The fourth-order valence-corrected chi connectivity index (χ4v) is 3.89. The van der Waals surface area contributed by atoms with Crippen LogP contribution in [-0.2, 0) is 10.0 Å². The topological polar surface area (TPSA) is 68.3 Å². The monoisotopic (exact) mass is 434 g/mol. The third-order valence-electron chi connectivity index (χ3n) is 2.71. The number of hydrogen-bond donors (Lipinski definition) is 1. The second kappa shape index (κ2) is 6.33. The van der Waals surface area contributed by atoms with Crippen molar-refractivity contribution in [3.8, 4) is 5.75 Å². The lowest BCUT2D eigenvalue weighted by Crippen LogP contribution is -2.15. The molecule has 0 amide bonds. The van der Waals surface area contributed by atoms with E-state index in [1.165, 1.54) is 25.4 Å². The Morgan fingerprint density at radius 3 is 2.52 bits per heavy atom. The number of aryl methyl sites for hydroxylation is 1. The summed E-state index contributed by atoms with van der Waals surface area (Å²) in [6.45, 7) is 1.78. The number of halogens is 2. The number of hydrogen-bond acceptors (Lipinski definition) is 4. The maximum atomic E-state index is 12.4. The van der Waals surface area contributed by atoms with Crippen molar-refractivity contribution in [2.24, 2.45) is 0 Å². The van der Waals surface area contributed by atoms with E-state index in [4.69, 9.17) is 4.74 Å². The van der Waals surface area contributed by atoms with Gasteiger partial charge in [-0.15, -0.1) is 0 Å². The Kier molecular flexibility index (Phi) is 4.90. The number of rotatable bonds is 4. The molecule has 5 nitrogen and oxygen atoms in total. The van der Waals surface area contributed by atoms with Gasteiger partial charge in [-0.2, -0.15) is 0 Å². The van der Waals surface area contributed by atoms with Gasteiger partial charge in [0.25, 0.3) is 10.0 Å². The fourth-order valence-electron chi connectivity index (χ4n) is 1.65.